The first-order valence-electron chi connectivity index (χ1n) is 8.91. The topological polar surface area (TPSA) is 70.1 Å². The van der Waals surface area contributed by atoms with E-state index in [-0.39, 0.29) is 5.97 Å². The summed E-state index contributed by atoms with van der Waals surface area (Å²) in [4.78, 5) is 15.9. The fraction of sp³-hybridized carbons (Fsp3) is 0.333. The first-order valence-corrected chi connectivity index (χ1v) is 8.91. The van der Waals surface area contributed by atoms with Crippen molar-refractivity contribution in [3.8, 4) is 0 Å². The Hall–Kier alpha value is -2.66. The Balaban J connectivity index is 2.11. The van der Waals surface area contributed by atoms with Crippen LogP contribution in [0.4, 0.5) is 0 Å². The predicted octanol–water partition coefficient (Wildman–Crippen LogP) is 3.00. The van der Waals surface area contributed by atoms with Crippen molar-refractivity contribution in [3.05, 3.63) is 65.1 Å². The first kappa shape index (κ1) is 18.1. The zero-order valence-electron chi connectivity index (χ0n) is 15.4. The van der Waals surface area contributed by atoms with Crippen LogP contribution in [0.2, 0.25) is 0 Å². The maximum absolute atomic E-state index is 11.6. The third kappa shape index (κ3) is 3.63. The molecule has 5 heteroatoms. The van der Waals surface area contributed by atoms with Gasteiger partial charge >= 0.3 is 5.97 Å². The standard InChI is InChI=1S/C21H25N3O2/c1-15-18(13-16-5-4-11-23-14-16)21-17(8-10-22)6-3-7-19(21)24(15)12-9-20(25)26-2/h3-7,11,14H,8-10,12-13,22H2,1-2H3. The Labute approximate surface area is 153 Å². The van der Waals surface area contributed by atoms with Crippen molar-refractivity contribution in [2.24, 2.45) is 5.73 Å². The van der Waals surface area contributed by atoms with Crippen LogP contribution in [0.15, 0.2) is 42.7 Å². The molecule has 3 aromatic rings. The lowest BCUT2D eigenvalue weighted by molar-refractivity contribution is -0.140. The largest absolute Gasteiger partial charge is 0.469 e. The van der Waals surface area contributed by atoms with Gasteiger partial charge in [-0.05, 0) is 48.7 Å². The van der Waals surface area contributed by atoms with Crippen molar-refractivity contribution >= 4 is 16.9 Å². The number of esters is 1. The van der Waals surface area contributed by atoms with Gasteiger partial charge in [0.1, 0.15) is 0 Å². The van der Waals surface area contributed by atoms with Crippen LogP contribution in [-0.2, 0) is 28.9 Å². The molecule has 0 aliphatic rings. The second-order valence-corrected chi connectivity index (χ2v) is 6.43. The maximum atomic E-state index is 11.6. The minimum atomic E-state index is -0.196. The van der Waals surface area contributed by atoms with Gasteiger partial charge in [-0.15, -0.1) is 0 Å². The number of carbonyl (C=O) groups is 1. The molecule has 3 rings (SSSR count). The summed E-state index contributed by atoms with van der Waals surface area (Å²) < 4.78 is 7.03. The van der Waals surface area contributed by atoms with Gasteiger partial charge < -0.3 is 15.0 Å². The summed E-state index contributed by atoms with van der Waals surface area (Å²) in [6.07, 6.45) is 5.69. The van der Waals surface area contributed by atoms with Crippen molar-refractivity contribution in [1.29, 1.82) is 0 Å². The summed E-state index contributed by atoms with van der Waals surface area (Å²) in [7, 11) is 1.43. The van der Waals surface area contributed by atoms with Gasteiger partial charge in [-0.2, -0.15) is 0 Å². The van der Waals surface area contributed by atoms with E-state index in [0.717, 1.165) is 18.4 Å². The first-order chi connectivity index (χ1) is 12.7. The number of ether oxygens (including phenoxy) is 1. The number of aryl methyl sites for hydroxylation is 1. The number of aromatic nitrogens is 2. The monoisotopic (exact) mass is 351 g/mol. The fourth-order valence-corrected chi connectivity index (χ4v) is 3.56. The fourth-order valence-electron chi connectivity index (χ4n) is 3.56. The van der Waals surface area contributed by atoms with Crippen molar-refractivity contribution < 1.29 is 9.53 Å². The molecule has 26 heavy (non-hydrogen) atoms. The molecule has 0 fully saturated rings. The Morgan fingerprint density at radius 1 is 1.27 bits per heavy atom. The van der Waals surface area contributed by atoms with Crippen molar-refractivity contribution in [2.75, 3.05) is 13.7 Å². The van der Waals surface area contributed by atoms with Crippen LogP contribution in [0.5, 0.6) is 0 Å². The number of carbonyl (C=O) groups excluding carboxylic acids is 1. The molecule has 0 saturated carbocycles. The molecule has 136 valence electrons. The normalized spacial score (nSPS) is 11.0. The molecule has 0 unspecified atom stereocenters. The quantitative estimate of drug-likeness (QED) is 0.664. The summed E-state index contributed by atoms with van der Waals surface area (Å²) in [6, 6.07) is 10.4. The molecule has 0 spiro atoms. The van der Waals surface area contributed by atoms with Gasteiger partial charge in [0.05, 0.1) is 13.5 Å². The SMILES string of the molecule is COC(=O)CCn1c(C)c(Cc2cccnc2)c2c(CCN)cccc21. The van der Waals surface area contributed by atoms with Crippen LogP contribution in [0.25, 0.3) is 10.9 Å². The van der Waals surface area contributed by atoms with Gasteiger partial charge in [-0.25, -0.2) is 0 Å². The second-order valence-electron chi connectivity index (χ2n) is 6.43. The molecule has 0 saturated heterocycles. The number of benzene rings is 1. The van der Waals surface area contributed by atoms with Gasteiger partial charge in [0.25, 0.3) is 0 Å². The van der Waals surface area contributed by atoms with E-state index in [4.69, 9.17) is 10.5 Å². The number of methoxy groups -OCH3 is 1. The molecule has 5 nitrogen and oxygen atoms in total. The molecule has 0 atom stereocenters. The van der Waals surface area contributed by atoms with Gasteiger partial charge in [0, 0.05) is 42.0 Å². The molecular weight excluding hydrogens is 326 g/mol. The van der Waals surface area contributed by atoms with E-state index in [1.807, 2.05) is 12.3 Å². The van der Waals surface area contributed by atoms with Crippen LogP contribution >= 0.6 is 0 Å². The molecule has 2 heterocycles. The molecule has 1 aromatic carbocycles. The zero-order valence-corrected chi connectivity index (χ0v) is 15.4. The Morgan fingerprint density at radius 2 is 2.12 bits per heavy atom. The summed E-state index contributed by atoms with van der Waals surface area (Å²) in [6.45, 7) is 3.33. The van der Waals surface area contributed by atoms with E-state index in [9.17, 15) is 4.79 Å². The van der Waals surface area contributed by atoms with E-state index >= 15 is 0 Å². The molecule has 0 aliphatic carbocycles. The van der Waals surface area contributed by atoms with E-state index in [2.05, 4.69) is 40.7 Å². The summed E-state index contributed by atoms with van der Waals surface area (Å²) >= 11 is 0. The van der Waals surface area contributed by atoms with E-state index in [1.54, 1.807) is 6.20 Å². The van der Waals surface area contributed by atoms with Gasteiger partial charge in [-0.1, -0.05) is 18.2 Å². The number of hydrogen-bond acceptors (Lipinski definition) is 4. The lowest BCUT2D eigenvalue weighted by Gasteiger charge is -2.08. The Kier molecular flexibility index (Phi) is 5.68. The molecule has 0 amide bonds. The molecule has 2 aromatic heterocycles. The number of nitrogens with two attached hydrogens (primary N) is 1. The highest BCUT2D eigenvalue weighted by molar-refractivity contribution is 5.89. The van der Waals surface area contributed by atoms with Crippen LogP contribution in [0.3, 0.4) is 0 Å². The lowest BCUT2D eigenvalue weighted by Crippen LogP contribution is -2.08. The predicted molar refractivity (Wildman–Crippen MR) is 103 cm³/mol. The highest BCUT2D eigenvalue weighted by Gasteiger charge is 2.17. The smallest absolute Gasteiger partial charge is 0.307 e. The summed E-state index contributed by atoms with van der Waals surface area (Å²) in [5, 5.41) is 1.25. The molecule has 2 N–H and O–H groups in total. The molecule has 0 bridgehead atoms. The van der Waals surface area contributed by atoms with E-state index in [1.165, 1.54) is 34.9 Å². The average molecular weight is 351 g/mol. The molecule has 0 radical (unpaired) electrons. The van der Waals surface area contributed by atoms with Crippen molar-refractivity contribution in [2.45, 2.75) is 32.7 Å². The minimum Gasteiger partial charge on any atom is -0.469 e. The summed E-state index contributed by atoms with van der Waals surface area (Å²) in [5.74, 6) is -0.196. The Morgan fingerprint density at radius 3 is 2.81 bits per heavy atom. The van der Waals surface area contributed by atoms with Crippen LogP contribution in [-0.4, -0.2) is 29.2 Å². The number of nitrogens with zero attached hydrogens (tertiary/aromatic N) is 2. The minimum absolute atomic E-state index is 0.196. The number of hydrogen-bond donors (Lipinski definition) is 1. The number of fused-ring (bicyclic) bond motifs is 1. The van der Waals surface area contributed by atoms with Crippen molar-refractivity contribution in [1.82, 2.24) is 9.55 Å². The highest BCUT2D eigenvalue weighted by atomic mass is 16.5. The van der Waals surface area contributed by atoms with E-state index < -0.39 is 0 Å². The van der Waals surface area contributed by atoms with Gasteiger partial charge in [0.2, 0.25) is 0 Å². The van der Waals surface area contributed by atoms with Crippen LogP contribution < -0.4 is 5.73 Å². The maximum Gasteiger partial charge on any atom is 0.307 e. The lowest BCUT2D eigenvalue weighted by atomic mass is 9.98. The van der Waals surface area contributed by atoms with Crippen LogP contribution in [0.1, 0.15) is 28.8 Å². The average Bonchev–Trinajstić information content (AvgIpc) is 2.93. The van der Waals surface area contributed by atoms with Gasteiger partial charge in [0.15, 0.2) is 0 Å². The zero-order chi connectivity index (χ0) is 18.5. The highest BCUT2D eigenvalue weighted by Crippen LogP contribution is 2.31. The third-order valence-corrected chi connectivity index (χ3v) is 4.85. The van der Waals surface area contributed by atoms with E-state index in [0.29, 0.717) is 19.5 Å². The third-order valence-electron chi connectivity index (χ3n) is 4.85. The summed E-state index contributed by atoms with van der Waals surface area (Å²) in [5.41, 5.74) is 11.9. The molecule has 0 aliphatic heterocycles. The van der Waals surface area contributed by atoms with Gasteiger partial charge in [-0.3, -0.25) is 9.78 Å². The molecular formula is C21H25N3O2. The number of pyridine rings is 1. The number of rotatable bonds is 7. The van der Waals surface area contributed by atoms with Crippen LogP contribution in [0, 0.1) is 6.92 Å². The van der Waals surface area contributed by atoms with Crippen molar-refractivity contribution in [3.63, 3.8) is 0 Å². The Bertz CT molecular complexity index is 901. The second kappa shape index (κ2) is 8.15.